The highest BCUT2D eigenvalue weighted by atomic mass is 32.2. The number of alkyl halides is 3. The van der Waals surface area contributed by atoms with Crippen molar-refractivity contribution in [2.24, 2.45) is 10.8 Å². The van der Waals surface area contributed by atoms with Gasteiger partial charge in [0.05, 0.1) is 42.6 Å². The number of Topliss-reactive ketones (excluding diaryl/α,β-unsaturated/α-hetero) is 1. The van der Waals surface area contributed by atoms with Gasteiger partial charge in [-0.1, -0.05) is 95.9 Å². The number of rotatable bonds is 29. The van der Waals surface area contributed by atoms with Crippen LogP contribution in [0.2, 0.25) is 32.2 Å². The van der Waals surface area contributed by atoms with E-state index in [2.05, 4.69) is 34.8 Å². The predicted octanol–water partition coefficient (Wildman–Crippen LogP) is 17.7. The highest BCUT2D eigenvalue weighted by Crippen LogP contribution is 2.36. The Morgan fingerprint density at radius 2 is 1.09 bits per heavy atom. The molecule has 2 aliphatic rings. The number of benzene rings is 1. The van der Waals surface area contributed by atoms with Gasteiger partial charge in [0.2, 0.25) is 0 Å². The van der Waals surface area contributed by atoms with Gasteiger partial charge in [0, 0.05) is 83.9 Å². The van der Waals surface area contributed by atoms with Gasteiger partial charge in [0.25, 0.3) is 0 Å². The van der Waals surface area contributed by atoms with E-state index in [1.807, 2.05) is 105 Å². The zero-order valence-corrected chi connectivity index (χ0v) is 62.0. The summed E-state index contributed by atoms with van der Waals surface area (Å²) in [7, 11) is 0.739. The minimum Gasteiger partial charge on any atom is -0.463 e. The highest BCUT2D eigenvalue weighted by molar-refractivity contribution is 7.98. The highest BCUT2D eigenvalue weighted by Gasteiger charge is 2.39. The third-order valence-electron chi connectivity index (χ3n) is 15.2. The Kier molecular flexibility index (Phi) is 62.5. The molecule has 0 unspecified atom stereocenters. The van der Waals surface area contributed by atoms with Crippen molar-refractivity contribution in [1.29, 1.82) is 0 Å². The first-order valence-corrected chi connectivity index (χ1v) is 39.7. The minimum atomic E-state index is -4.37. The smallest absolute Gasteiger partial charge is 0.463 e. The molecule has 0 aromatic heterocycles. The number of hydrogen-bond acceptors (Lipinski definition) is 19. The van der Waals surface area contributed by atoms with Gasteiger partial charge in [-0.2, -0.15) is 13.2 Å². The zero-order chi connectivity index (χ0) is 68.5. The first kappa shape index (κ1) is 106. The number of halogens is 3. The van der Waals surface area contributed by atoms with Gasteiger partial charge in [0.1, 0.15) is 12.2 Å². The molecule has 1 aromatic rings. The molecule has 0 radical (unpaired) electrons. The molecule has 1 saturated carbocycles. The second-order valence-electron chi connectivity index (χ2n) is 23.6. The van der Waals surface area contributed by atoms with Gasteiger partial charge < -0.3 is 54.7 Å². The molecule has 3 rings (SSSR count). The van der Waals surface area contributed by atoms with Gasteiger partial charge in [-0.25, -0.2) is 9.59 Å². The van der Waals surface area contributed by atoms with Crippen molar-refractivity contribution in [3.8, 4) is 0 Å². The standard InChI is InChI=1S/C16H30O2.C15H21NO2S.C11H17F3O4.C10H20O4Si.C7H18O3Si.C4H12O2Si.5CH4/c1-5-15(3,4)14(17)18-16(6-2)12-10-8-7-9-11-13-16;1-15(2,16-8-10-18-11-9-16)14(17)12-4-6-13(19-3)7-5-12;1-4-10(2,3)9(16)18-7-8(15)17-6-5-11(12,13)14;1-9(2)10(11)14-7-6-8-15(5,12-3)13-4;1-5-8-11(4,9-6-2)10-7-3;1-5-7(3,4)6-2;;;;;/h5-13H2,1-4H3;4-7H,8-11H2,1-3H3;4-7H2,1-3H3;1,6-8H2,2-5H3;5-7H2,1-4H3;1-4H3;5*1H4. The van der Waals surface area contributed by atoms with Crippen molar-refractivity contribution >= 4 is 67.3 Å². The molecule has 1 aliphatic heterocycles. The number of ether oxygens (including phenoxy) is 5. The average Bonchev–Trinajstić information content (AvgIpc) is 0.873. The Morgan fingerprint density at radius 1 is 0.645 bits per heavy atom. The molecule has 25 heteroatoms. The topological polar surface area (TPSA) is 199 Å². The van der Waals surface area contributed by atoms with Gasteiger partial charge in [0.15, 0.2) is 12.4 Å². The van der Waals surface area contributed by atoms with Crippen LogP contribution in [0.4, 0.5) is 13.2 Å². The summed E-state index contributed by atoms with van der Waals surface area (Å²) in [6, 6.07) is 8.68. The van der Waals surface area contributed by atoms with Crippen LogP contribution in [0.5, 0.6) is 0 Å². The number of thioether (sulfide) groups is 1. The van der Waals surface area contributed by atoms with Crippen LogP contribution in [0.1, 0.15) is 215 Å². The Balaban J connectivity index is -0.000000157. The minimum absolute atomic E-state index is 0. The van der Waals surface area contributed by atoms with Crippen LogP contribution < -0.4 is 0 Å². The van der Waals surface area contributed by atoms with E-state index >= 15 is 0 Å². The van der Waals surface area contributed by atoms with E-state index in [-0.39, 0.29) is 65.9 Å². The summed E-state index contributed by atoms with van der Waals surface area (Å²) in [5.41, 5.74) is -0.506. The van der Waals surface area contributed by atoms with E-state index < -0.39 is 74.6 Å². The molecule has 0 spiro atoms. The number of morpholine rings is 1. The fourth-order valence-corrected chi connectivity index (χ4v) is 11.4. The number of esters is 4. The molecule has 0 bridgehead atoms. The molecule has 1 saturated heterocycles. The summed E-state index contributed by atoms with van der Waals surface area (Å²) in [6.45, 7) is 40.1. The summed E-state index contributed by atoms with van der Waals surface area (Å²) in [5.74, 6) is -1.74. The average molecular weight is 1420 g/mol. The van der Waals surface area contributed by atoms with E-state index in [0.29, 0.717) is 51.6 Å². The second-order valence-corrected chi connectivity index (χ2v) is 34.2. The first-order valence-electron chi connectivity index (χ1n) is 30.9. The molecule has 0 N–H and O–H groups in total. The molecule has 1 aromatic carbocycles. The molecule has 0 amide bonds. The summed E-state index contributed by atoms with van der Waals surface area (Å²) < 4.78 is 97.3. The van der Waals surface area contributed by atoms with Crippen molar-refractivity contribution in [2.75, 3.05) is 101 Å². The van der Waals surface area contributed by atoms with Crippen molar-refractivity contribution in [1.82, 2.24) is 4.90 Å². The van der Waals surface area contributed by atoms with Crippen LogP contribution in [0.15, 0.2) is 41.3 Å². The van der Waals surface area contributed by atoms with Crippen LogP contribution in [-0.4, -0.2) is 178 Å². The van der Waals surface area contributed by atoms with Gasteiger partial charge >= 0.3 is 56.0 Å². The Morgan fingerprint density at radius 3 is 1.45 bits per heavy atom. The van der Waals surface area contributed by atoms with Crippen molar-refractivity contribution in [3.63, 3.8) is 0 Å². The third-order valence-corrected chi connectivity index (χ3v) is 23.3. The van der Waals surface area contributed by atoms with E-state index in [9.17, 15) is 37.1 Å². The first-order chi connectivity index (χ1) is 40.8. The molecular weight excluding hydrogens is 1280 g/mol. The Bertz CT molecular complexity index is 2060. The lowest BCUT2D eigenvalue weighted by molar-refractivity contribution is -0.174. The van der Waals surface area contributed by atoms with Crippen LogP contribution in [0.3, 0.4) is 0 Å². The summed E-state index contributed by atoms with van der Waals surface area (Å²) in [5, 5.41) is 0. The maximum Gasteiger partial charge on any atom is 0.497 e. The fourth-order valence-electron chi connectivity index (χ4n) is 7.67. The number of nitrogens with zero attached hydrogens (tertiary/aromatic N) is 1. The van der Waals surface area contributed by atoms with Gasteiger partial charge in [-0.05, 0) is 165 Å². The normalized spacial score (nSPS) is 14.1. The largest absolute Gasteiger partial charge is 0.497 e. The zero-order valence-electron chi connectivity index (χ0n) is 58.2. The molecule has 1 aliphatic carbocycles. The number of hydrogen-bond donors (Lipinski definition) is 0. The molecule has 2 fully saturated rings. The molecule has 0 atom stereocenters. The SMILES string of the molecule is C.C.C.C.C.C=C(C)C(=O)OCCC[Si](C)(OC)OC.CCC(C)(C)C(=O)OCC(=O)OCCC(F)(F)F.CCC1(OC(=O)C(C)(C)CC)CCCCCCC1.CCO[Si](C)(OCC)OCC.CO[Si](C)(C)OC.CSc1ccc(C(=O)C(C)(C)N2CCOCC2)cc1. The Hall–Kier alpha value is -3.06. The van der Waals surface area contributed by atoms with E-state index in [0.717, 1.165) is 56.8 Å². The third kappa shape index (κ3) is 47.5. The van der Waals surface area contributed by atoms with E-state index in [4.69, 9.17) is 45.2 Å². The van der Waals surface area contributed by atoms with Crippen LogP contribution in [0.25, 0.3) is 0 Å². The summed E-state index contributed by atoms with van der Waals surface area (Å²) in [4.78, 5) is 61.8. The van der Waals surface area contributed by atoms with Gasteiger partial charge in [-0.15, -0.1) is 11.8 Å². The van der Waals surface area contributed by atoms with Gasteiger partial charge in [-0.3, -0.25) is 19.3 Å². The van der Waals surface area contributed by atoms with Crippen molar-refractivity contribution in [3.05, 3.63) is 42.0 Å². The lowest BCUT2D eigenvalue weighted by Gasteiger charge is -2.39. The monoisotopic (exact) mass is 1410 g/mol. The summed E-state index contributed by atoms with van der Waals surface area (Å²) in [6.07, 6.45) is 7.94. The fraction of sp³-hybridized carbons (Fsp3) is 0.809. The van der Waals surface area contributed by atoms with E-state index in [1.54, 1.807) is 67.9 Å². The van der Waals surface area contributed by atoms with Crippen LogP contribution in [0, 0.1) is 10.8 Å². The molecule has 1 heterocycles. The van der Waals surface area contributed by atoms with Crippen molar-refractivity contribution in [2.45, 2.75) is 259 Å². The quantitative estimate of drug-likeness (QED) is 0.0139. The molecular formula is C68H138F3NO17SSi3. The van der Waals surface area contributed by atoms with Crippen LogP contribution >= 0.6 is 11.8 Å². The second kappa shape index (κ2) is 54.9. The lowest BCUT2D eigenvalue weighted by atomic mass is 9.83. The molecule has 556 valence electrons. The molecule has 18 nitrogen and oxygen atoms in total. The number of carbonyl (C=O) groups excluding carboxylic acids is 5. The van der Waals surface area contributed by atoms with E-state index in [1.165, 1.54) is 37.0 Å². The lowest BCUT2D eigenvalue weighted by Crippen LogP contribution is -2.54. The maximum atomic E-state index is 12.7. The predicted molar refractivity (Wildman–Crippen MR) is 384 cm³/mol. The number of carbonyl (C=O) groups is 5. The molecule has 93 heavy (non-hydrogen) atoms. The van der Waals surface area contributed by atoms with Crippen LogP contribution in [-0.2, 0) is 73.8 Å². The summed E-state index contributed by atoms with van der Waals surface area (Å²) >= 11 is 1.69. The maximum absolute atomic E-state index is 12.7. The number of ketones is 1. The Labute approximate surface area is 573 Å². The van der Waals surface area contributed by atoms with Crippen molar-refractivity contribution < 1.29 is 91.8 Å².